The van der Waals surface area contributed by atoms with Crippen LogP contribution in [-0.4, -0.2) is 12.5 Å². The summed E-state index contributed by atoms with van der Waals surface area (Å²) < 4.78 is 13.7. The molecule has 0 atom stereocenters. The Morgan fingerprint density at radius 2 is 1.87 bits per heavy atom. The van der Waals surface area contributed by atoms with Crippen LogP contribution in [0.5, 0.6) is 0 Å². The second-order valence-corrected chi connectivity index (χ2v) is 6.09. The maximum absolute atomic E-state index is 13.2. The molecule has 1 aromatic carbocycles. The number of aromatic nitrogens is 1. The number of hydrogen-bond donors (Lipinski definition) is 1. The van der Waals surface area contributed by atoms with Crippen molar-refractivity contribution in [2.45, 2.75) is 31.1 Å². The van der Waals surface area contributed by atoms with Crippen LogP contribution in [0.1, 0.15) is 41.7 Å². The Bertz CT molecular complexity index is 694. The summed E-state index contributed by atoms with van der Waals surface area (Å²) >= 11 is 0. The van der Waals surface area contributed by atoms with E-state index < -0.39 is 0 Å². The molecule has 1 aliphatic rings. The number of carbonyl (C=O) groups is 1. The fourth-order valence-electron chi connectivity index (χ4n) is 3.37. The first kappa shape index (κ1) is 15.5. The molecule has 0 unspecified atom stereocenters. The molecule has 0 radical (unpaired) electrons. The van der Waals surface area contributed by atoms with Gasteiger partial charge in [0, 0.05) is 24.1 Å². The van der Waals surface area contributed by atoms with Crippen molar-refractivity contribution in [3.63, 3.8) is 0 Å². The van der Waals surface area contributed by atoms with Gasteiger partial charge in [0.05, 0.1) is 0 Å². The first-order valence-electron chi connectivity index (χ1n) is 7.83. The Kier molecular flexibility index (Phi) is 4.28. The predicted molar refractivity (Wildman–Crippen MR) is 84.3 cm³/mol. The number of pyridine rings is 1. The summed E-state index contributed by atoms with van der Waals surface area (Å²) in [6.07, 6.45) is 5.37. The van der Waals surface area contributed by atoms with Crippen molar-refractivity contribution in [1.29, 1.82) is 0 Å². The summed E-state index contributed by atoms with van der Waals surface area (Å²) in [4.78, 5) is 12.3. The van der Waals surface area contributed by atoms with E-state index in [1.54, 1.807) is 24.3 Å². The zero-order valence-corrected chi connectivity index (χ0v) is 12.8. The largest absolute Gasteiger partial charge is 0.618 e. The third-order valence-corrected chi connectivity index (χ3v) is 4.66. The van der Waals surface area contributed by atoms with Gasteiger partial charge in [0.15, 0.2) is 6.20 Å². The Balaban J connectivity index is 1.77. The average molecular weight is 314 g/mol. The molecule has 4 nitrogen and oxygen atoms in total. The molecule has 23 heavy (non-hydrogen) atoms. The summed E-state index contributed by atoms with van der Waals surface area (Å²) in [6, 6.07) is 11.3. The zero-order valence-electron chi connectivity index (χ0n) is 12.8. The van der Waals surface area contributed by atoms with Gasteiger partial charge in [-0.1, -0.05) is 25.0 Å². The Morgan fingerprint density at radius 3 is 2.52 bits per heavy atom. The number of hydrogen-bond acceptors (Lipinski definition) is 2. The standard InChI is InChI=1S/C18H19FN2O2/c19-15-8-6-14(7-9-15)18(10-2-3-11-18)13-20-17(22)16-5-1-4-12-21(16)23/h1,4-9,12H,2-3,10-11,13H2,(H,20,22). The van der Waals surface area contributed by atoms with Crippen molar-refractivity contribution in [2.75, 3.05) is 6.54 Å². The third kappa shape index (κ3) is 3.18. The van der Waals surface area contributed by atoms with E-state index in [0.717, 1.165) is 31.2 Å². The lowest BCUT2D eigenvalue weighted by Crippen LogP contribution is -2.44. The van der Waals surface area contributed by atoms with Crippen molar-refractivity contribution in [1.82, 2.24) is 5.32 Å². The van der Waals surface area contributed by atoms with Gasteiger partial charge in [0.2, 0.25) is 0 Å². The van der Waals surface area contributed by atoms with Crippen LogP contribution in [0.3, 0.4) is 0 Å². The minimum absolute atomic E-state index is 0.0831. The first-order valence-corrected chi connectivity index (χ1v) is 7.83. The van der Waals surface area contributed by atoms with E-state index in [9.17, 15) is 14.4 Å². The molecule has 120 valence electrons. The van der Waals surface area contributed by atoms with Crippen LogP contribution in [-0.2, 0) is 5.41 Å². The fourth-order valence-corrected chi connectivity index (χ4v) is 3.37. The molecule has 2 aromatic rings. The van der Waals surface area contributed by atoms with Crippen molar-refractivity contribution in [3.8, 4) is 0 Å². The quantitative estimate of drug-likeness (QED) is 0.697. The molecule has 0 aliphatic heterocycles. The van der Waals surface area contributed by atoms with E-state index >= 15 is 0 Å². The summed E-state index contributed by atoms with van der Waals surface area (Å²) in [7, 11) is 0. The minimum Gasteiger partial charge on any atom is -0.618 e. The fraction of sp³-hybridized carbons (Fsp3) is 0.333. The van der Waals surface area contributed by atoms with Gasteiger partial charge in [-0.3, -0.25) is 4.79 Å². The number of benzene rings is 1. The van der Waals surface area contributed by atoms with Gasteiger partial charge in [-0.2, -0.15) is 4.73 Å². The van der Waals surface area contributed by atoms with E-state index in [0.29, 0.717) is 11.3 Å². The number of carbonyl (C=O) groups excluding carboxylic acids is 1. The van der Waals surface area contributed by atoms with Crippen LogP contribution in [0, 0.1) is 11.0 Å². The SMILES string of the molecule is O=C(NCC1(c2ccc(F)cc2)CCCC1)c1cccc[n+]1[O-]. The first-order chi connectivity index (χ1) is 11.1. The van der Waals surface area contributed by atoms with Gasteiger partial charge in [0.25, 0.3) is 5.69 Å². The van der Waals surface area contributed by atoms with Gasteiger partial charge in [0.1, 0.15) is 5.82 Å². The highest BCUT2D eigenvalue weighted by Gasteiger charge is 2.36. The maximum atomic E-state index is 13.2. The van der Waals surface area contributed by atoms with Gasteiger partial charge in [-0.05, 0) is 36.6 Å². The molecule has 0 saturated heterocycles. The molecule has 1 N–H and O–H groups in total. The van der Waals surface area contributed by atoms with Crippen molar-refractivity contribution in [2.24, 2.45) is 0 Å². The van der Waals surface area contributed by atoms with Crippen LogP contribution in [0.15, 0.2) is 48.7 Å². The second-order valence-electron chi connectivity index (χ2n) is 6.09. The van der Waals surface area contributed by atoms with E-state index in [2.05, 4.69) is 5.32 Å². The number of nitrogens with zero attached hydrogens (tertiary/aromatic N) is 1. The van der Waals surface area contributed by atoms with E-state index in [-0.39, 0.29) is 22.8 Å². The van der Waals surface area contributed by atoms with Crippen molar-refractivity contribution < 1.29 is 13.9 Å². The minimum atomic E-state index is -0.381. The van der Waals surface area contributed by atoms with Gasteiger partial charge in [-0.15, -0.1) is 0 Å². The molecule has 0 spiro atoms. The molecule has 1 amide bonds. The van der Waals surface area contributed by atoms with Crippen LogP contribution in [0.4, 0.5) is 4.39 Å². The average Bonchev–Trinajstić information content (AvgIpc) is 3.04. The lowest BCUT2D eigenvalue weighted by molar-refractivity contribution is -0.607. The summed E-state index contributed by atoms with van der Waals surface area (Å²) in [5.74, 6) is -0.642. The summed E-state index contributed by atoms with van der Waals surface area (Å²) in [5.41, 5.74) is 0.950. The van der Waals surface area contributed by atoms with Crippen LogP contribution in [0.2, 0.25) is 0 Å². The number of amides is 1. The molecule has 3 rings (SSSR count). The molecule has 5 heteroatoms. The van der Waals surface area contributed by atoms with Crippen LogP contribution in [0.25, 0.3) is 0 Å². The van der Waals surface area contributed by atoms with E-state index in [1.165, 1.54) is 24.4 Å². The zero-order chi connectivity index (χ0) is 16.3. The smallest absolute Gasteiger partial charge is 0.317 e. The summed E-state index contributed by atoms with van der Waals surface area (Å²) in [5, 5.41) is 14.5. The van der Waals surface area contributed by atoms with Crippen LogP contribution >= 0.6 is 0 Å². The molecule has 1 heterocycles. The lowest BCUT2D eigenvalue weighted by atomic mass is 9.79. The molecular formula is C18H19FN2O2. The normalized spacial score (nSPS) is 16.2. The predicted octanol–water partition coefficient (Wildman–Crippen LogP) is 2.70. The highest BCUT2D eigenvalue weighted by molar-refractivity contribution is 5.90. The highest BCUT2D eigenvalue weighted by Crippen LogP contribution is 2.40. The van der Waals surface area contributed by atoms with Crippen LogP contribution < -0.4 is 10.0 Å². The van der Waals surface area contributed by atoms with Crippen molar-refractivity contribution in [3.05, 3.63) is 70.9 Å². The monoisotopic (exact) mass is 314 g/mol. The Labute approximate surface area is 134 Å². The molecule has 1 aliphatic carbocycles. The number of nitrogens with one attached hydrogen (secondary N) is 1. The lowest BCUT2D eigenvalue weighted by Gasteiger charge is -2.29. The topological polar surface area (TPSA) is 56.0 Å². The van der Waals surface area contributed by atoms with E-state index in [4.69, 9.17) is 0 Å². The van der Waals surface area contributed by atoms with Gasteiger partial charge in [-0.25, -0.2) is 4.39 Å². The van der Waals surface area contributed by atoms with Crippen molar-refractivity contribution >= 4 is 5.91 Å². The second kappa shape index (κ2) is 6.36. The molecule has 0 bridgehead atoms. The maximum Gasteiger partial charge on any atom is 0.317 e. The molecule has 1 aromatic heterocycles. The number of halogens is 1. The van der Waals surface area contributed by atoms with Gasteiger partial charge >= 0.3 is 5.91 Å². The highest BCUT2D eigenvalue weighted by atomic mass is 19.1. The number of rotatable bonds is 4. The molecule has 1 saturated carbocycles. The Hall–Kier alpha value is -2.43. The molecule has 1 fully saturated rings. The Morgan fingerprint density at radius 1 is 1.17 bits per heavy atom. The molecular weight excluding hydrogens is 295 g/mol. The van der Waals surface area contributed by atoms with E-state index in [1.807, 2.05) is 0 Å². The third-order valence-electron chi connectivity index (χ3n) is 4.66. The van der Waals surface area contributed by atoms with Gasteiger partial charge < -0.3 is 10.5 Å². The summed E-state index contributed by atoms with van der Waals surface area (Å²) in [6.45, 7) is 0.451.